The van der Waals surface area contributed by atoms with Crippen molar-refractivity contribution in [3.8, 4) is 5.75 Å². The van der Waals surface area contributed by atoms with E-state index in [-0.39, 0.29) is 5.60 Å². The minimum absolute atomic E-state index is 0.125. The third-order valence-electron chi connectivity index (χ3n) is 3.91. The molecule has 2 atom stereocenters. The van der Waals surface area contributed by atoms with Crippen LogP contribution in [0, 0.1) is 5.92 Å². The van der Waals surface area contributed by atoms with E-state index in [4.69, 9.17) is 15.2 Å². The lowest BCUT2D eigenvalue weighted by molar-refractivity contribution is -0.0476. The summed E-state index contributed by atoms with van der Waals surface area (Å²) in [7, 11) is 1.69. The number of hydrogen-bond acceptors (Lipinski definition) is 3. The first kappa shape index (κ1) is 13.4. The minimum Gasteiger partial charge on any atom is -0.496 e. The highest BCUT2D eigenvalue weighted by Crippen LogP contribution is 2.37. The number of nitrogens with two attached hydrogens (primary N) is 1. The molecule has 2 N–H and O–H groups in total. The van der Waals surface area contributed by atoms with Crippen molar-refractivity contribution in [1.82, 2.24) is 0 Å². The predicted molar refractivity (Wildman–Crippen MR) is 72.6 cm³/mol. The van der Waals surface area contributed by atoms with E-state index in [0.29, 0.717) is 19.1 Å². The van der Waals surface area contributed by atoms with E-state index in [2.05, 4.69) is 6.92 Å². The van der Waals surface area contributed by atoms with Crippen LogP contribution in [0.25, 0.3) is 0 Å². The number of ether oxygens (including phenoxy) is 2. The molecule has 0 aliphatic heterocycles. The molecule has 2 unspecified atom stereocenters. The highest BCUT2D eigenvalue weighted by Gasteiger charge is 2.37. The highest BCUT2D eigenvalue weighted by molar-refractivity contribution is 5.32. The van der Waals surface area contributed by atoms with Gasteiger partial charge in [0.05, 0.1) is 19.3 Å². The molecule has 0 amide bonds. The van der Waals surface area contributed by atoms with Crippen molar-refractivity contribution in [3.63, 3.8) is 0 Å². The predicted octanol–water partition coefficient (Wildman–Crippen LogP) is 2.73. The van der Waals surface area contributed by atoms with E-state index in [1.165, 1.54) is 6.42 Å². The number of benzene rings is 1. The van der Waals surface area contributed by atoms with Crippen molar-refractivity contribution >= 4 is 0 Å². The van der Waals surface area contributed by atoms with Gasteiger partial charge in [-0.3, -0.25) is 0 Å². The van der Waals surface area contributed by atoms with Crippen molar-refractivity contribution in [2.75, 3.05) is 13.7 Å². The first-order valence-corrected chi connectivity index (χ1v) is 6.65. The maximum atomic E-state index is 6.13. The van der Waals surface area contributed by atoms with Gasteiger partial charge in [0.2, 0.25) is 0 Å². The smallest absolute Gasteiger partial charge is 0.124 e. The van der Waals surface area contributed by atoms with Gasteiger partial charge in [0, 0.05) is 12.1 Å². The molecule has 1 fully saturated rings. The molecule has 100 valence electrons. The molecule has 0 heterocycles. The van der Waals surface area contributed by atoms with Crippen LogP contribution in [0.1, 0.15) is 31.7 Å². The van der Waals surface area contributed by atoms with Gasteiger partial charge in [0.25, 0.3) is 0 Å². The Labute approximate surface area is 109 Å². The van der Waals surface area contributed by atoms with Crippen LogP contribution < -0.4 is 10.5 Å². The Morgan fingerprint density at radius 2 is 2.17 bits per heavy atom. The highest BCUT2D eigenvalue weighted by atomic mass is 16.5. The van der Waals surface area contributed by atoms with Gasteiger partial charge in [0.15, 0.2) is 0 Å². The van der Waals surface area contributed by atoms with E-state index < -0.39 is 0 Å². The van der Waals surface area contributed by atoms with Crippen LogP contribution in [0.5, 0.6) is 5.75 Å². The van der Waals surface area contributed by atoms with Gasteiger partial charge in [0.1, 0.15) is 5.75 Å². The molecular formula is C15H23NO2. The molecule has 1 aromatic rings. The lowest BCUT2D eigenvalue weighted by Crippen LogP contribution is -2.38. The fourth-order valence-corrected chi connectivity index (χ4v) is 2.78. The van der Waals surface area contributed by atoms with Gasteiger partial charge in [-0.1, -0.05) is 25.1 Å². The first-order valence-electron chi connectivity index (χ1n) is 6.65. The maximum absolute atomic E-state index is 6.13. The summed E-state index contributed by atoms with van der Waals surface area (Å²) in [5.41, 5.74) is 6.87. The molecule has 0 bridgehead atoms. The summed E-state index contributed by atoms with van der Waals surface area (Å²) in [6, 6.07) is 7.98. The fourth-order valence-electron chi connectivity index (χ4n) is 2.78. The van der Waals surface area contributed by atoms with Gasteiger partial charge >= 0.3 is 0 Å². The Morgan fingerprint density at radius 1 is 1.39 bits per heavy atom. The van der Waals surface area contributed by atoms with Gasteiger partial charge in [-0.25, -0.2) is 0 Å². The van der Waals surface area contributed by atoms with E-state index in [1.807, 2.05) is 24.3 Å². The van der Waals surface area contributed by atoms with Crippen LogP contribution in [0.2, 0.25) is 0 Å². The molecule has 1 saturated carbocycles. The molecule has 0 aromatic heterocycles. The van der Waals surface area contributed by atoms with Crippen LogP contribution >= 0.6 is 0 Å². The second kappa shape index (κ2) is 5.72. The molecule has 0 radical (unpaired) electrons. The third-order valence-corrected chi connectivity index (χ3v) is 3.91. The lowest BCUT2D eigenvalue weighted by Gasteiger charge is -2.28. The van der Waals surface area contributed by atoms with E-state index >= 15 is 0 Å². The molecule has 1 aliphatic rings. The van der Waals surface area contributed by atoms with Crippen LogP contribution in [-0.4, -0.2) is 19.3 Å². The van der Waals surface area contributed by atoms with Crippen molar-refractivity contribution < 1.29 is 9.47 Å². The van der Waals surface area contributed by atoms with E-state index in [9.17, 15) is 0 Å². The Kier molecular flexibility index (Phi) is 4.25. The van der Waals surface area contributed by atoms with Gasteiger partial charge in [-0.05, 0) is 31.2 Å². The number of rotatable bonds is 5. The minimum atomic E-state index is -0.125. The Bertz CT molecular complexity index is 394. The van der Waals surface area contributed by atoms with Crippen molar-refractivity contribution in [3.05, 3.63) is 29.8 Å². The zero-order chi connectivity index (χ0) is 13.0. The summed E-state index contributed by atoms with van der Waals surface area (Å²) < 4.78 is 11.5. The number of hydrogen-bond donors (Lipinski definition) is 1. The zero-order valence-corrected chi connectivity index (χ0v) is 11.3. The first-order chi connectivity index (χ1) is 8.69. The molecule has 18 heavy (non-hydrogen) atoms. The lowest BCUT2D eigenvalue weighted by atomic mass is 10.0. The van der Waals surface area contributed by atoms with Gasteiger partial charge < -0.3 is 15.2 Å². The largest absolute Gasteiger partial charge is 0.496 e. The van der Waals surface area contributed by atoms with Gasteiger partial charge in [-0.2, -0.15) is 0 Å². The molecular weight excluding hydrogens is 226 g/mol. The summed E-state index contributed by atoms with van der Waals surface area (Å²) in [4.78, 5) is 0. The average Bonchev–Trinajstić information content (AvgIpc) is 2.79. The molecule has 1 aliphatic carbocycles. The van der Waals surface area contributed by atoms with Gasteiger partial charge in [-0.15, -0.1) is 0 Å². The average molecular weight is 249 g/mol. The maximum Gasteiger partial charge on any atom is 0.124 e. The van der Waals surface area contributed by atoms with Crippen LogP contribution in [0.15, 0.2) is 24.3 Å². The molecule has 3 nitrogen and oxygen atoms in total. The Hall–Kier alpha value is -1.06. The van der Waals surface area contributed by atoms with Crippen LogP contribution in [0.4, 0.5) is 0 Å². The third kappa shape index (κ3) is 2.85. The normalized spacial score (nSPS) is 27.4. The Balaban J connectivity index is 2.02. The zero-order valence-electron chi connectivity index (χ0n) is 11.3. The number of para-hydroxylation sites is 1. The summed E-state index contributed by atoms with van der Waals surface area (Å²) in [5.74, 6) is 1.60. The van der Waals surface area contributed by atoms with Crippen molar-refractivity contribution in [1.29, 1.82) is 0 Å². The summed E-state index contributed by atoms with van der Waals surface area (Å²) in [5, 5.41) is 0. The van der Waals surface area contributed by atoms with Crippen LogP contribution in [0.3, 0.4) is 0 Å². The SMILES string of the molecule is COc1ccccc1COC1(CN)CCC(C)C1. The summed E-state index contributed by atoms with van der Waals surface area (Å²) >= 11 is 0. The van der Waals surface area contributed by atoms with E-state index in [0.717, 1.165) is 24.2 Å². The number of methoxy groups -OCH3 is 1. The summed E-state index contributed by atoms with van der Waals surface area (Å²) in [6.07, 6.45) is 3.35. The monoisotopic (exact) mass is 249 g/mol. The second-order valence-electron chi connectivity index (χ2n) is 5.34. The molecule has 2 rings (SSSR count). The van der Waals surface area contributed by atoms with Crippen LogP contribution in [-0.2, 0) is 11.3 Å². The fraction of sp³-hybridized carbons (Fsp3) is 0.600. The molecule has 0 spiro atoms. The quantitative estimate of drug-likeness (QED) is 0.872. The molecule has 1 aromatic carbocycles. The topological polar surface area (TPSA) is 44.5 Å². The Morgan fingerprint density at radius 3 is 2.78 bits per heavy atom. The summed E-state index contributed by atoms with van der Waals surface area (Å²) in [6.45, 7) is 3.45. The second-order valence-corrected chi connectivity index (χ2v) is 5.34. The van der Waals surface area contributed by atoms with Crippen molar-refractivity contribution in [2.45, 2.75) is 38.4 Å². The molecule has 0 saturated heterocycles. The van der Waals surface area contributed by atoms with Crippen molar-refractivity contribution in [2.24, 2.45) is 11.7 Å². The standard InChI is InChI=1S/C15H23NO2/c1-12-7-8-15(9-12,11-16)18-10-13-5-3-4-6-14(13)17-2/h3-6,12H,7-11,16H2,1-2H3. The molecule has 3 heteroatoms. The van der Waals surface area contributed by atoms with E-state index in [1.54, 1.807) is 7.11 Å².